The lowest BCUT2D eigenvalue weighted by Crippen LogP contribution is -2.19. The van der Waals surface area contributed by atoms with Gasteiger partial charge in [-0.2, -0.15) is 0 Å². The zero-order chi connectivity index (χ0) is 14.4. The lowest BCUT2D eigenvalue weighted by molar-refractivity contribution is -0.116. The molecule has 0 radical (unpaired) electrons. The second-order valence-electron chi connectivity index (χ2n) is 4.28. The van der Waals surface area contributed by atoms with Crippen LogP contribution in [0.3, 0.4) is 0 Å². The summed E-state index contributed by atoms with van der Waals surface area (Å²) in [5, 5.41) is 11.6. The first-order valence-corrected chi connectivity index (χ1v) is 5.90. The summed E-state index contributed by atoms with van der Waals surface area (Å²) in [5.74, 6) is -1.04. The number of carboxylic acid groups (broad SMARTS) is 1. The minimum atomic E-state index is -1.08. The van der Waals surface area contributed by atoms with E-state index in [0.29, 0.717) is 18.5 Å². The molecule has 104 valence electrons. The van der Waals surface area contributed by atoms with Gasteiger partial charge in [-0.05, 0) is 25.5 Å². The monoisotopic (exact) mass is 266 g/mol. The first-order valence-electron chi connectivity index (χ1n) is 5.90. The fraction of sp³-hybridized carbons (Fsp3) is 0.385. The third-order valence-electron chi connectivity index (χ3n) is 2.54. The molecule has 0 saturated carbocycles. The number of ether oxygens (including phenoxy) is 1. The molecule has 1 aromatic rings. The van der Waals surface area contributed by atoms with Gasteiger partial charge in [-0.3, -0.25) is 4.79 Å². The average molecular weight is 266 g/mol. The number of rotatable bonds is 6. The number of aromatic carboxylic acids is 1. The molecule has 0 aliphatic carbocycles. The van der Waals surface area contributed by atoms with Gasteiger partial charge in [-0.15, -0.1) is 0 Å². The van der Waals surface area contributed by atoms with Gasteiger partial charge in [0, 0.05) is 24.2 Å². The number of carbonyl (C=O) groups is 2. The zero-order valence-electron chi connectivity index (χ0n) is 11.0. The van der Waals surface area contributed by atoms with Crippen molar-refractivity contribution in [2.45, 2.75) is 25.8 Å². The Hall–Kier alpha value is -2.08. The number of nitrogens with one attached hydrogen (secondary N) is 1. The zero-order valence-corrected chi connectivity index (χ0v) is 11.0. The largest absolute Gasteiger partial charge is 0.496 e. The Kier molecular flexibility index (Phi) is 5.32. The maximum Gasteiger partial charge on any atom is 0.339 e. The second kappa shape index (κ2) is 6.75. The SMILES string of the molecule is COc1cc(NC(=O)CCC(C)N)ccc1C(=O)O. The molecule has 0 spiro atoms. The summed E-state index contributed by atoms with van der Waals surface area (Å²) in [4.78, 5) is 22.5. The molecule has 6 nitrogen and oxygen atoms in total. The van der Waals surface area contributed by atoms with Gasteiger partial charge < -0.3 is 20.9 Å². The van der Waals surface area contributed by atoms with Gasteiger partial charge in [0.15, 0.2) is 0 Å². The molecule has 0 aliphatic rings. The third kappa shape index (κ3) is 4.59. The van der Waals surface area contributed by atoms with Crippen molar-refractivity contribution in [1.82, 2.24) is 0 Å². The maximum absolute atomic E-state index is 11.6. The van der Waals surface area contributed by atoms with Crippen LogP contribution < -0.4 is 15.8 Å². The van der Waals surface area contributed by atoms with E-state index in [1.807, 2.05) is 6.92 Å². The van der Waals surface area contributed by atoms with Crippen LogP contribution in [-0.2, 0) is 4.79 Å². The molecule has 1 rings (SSSR count). The molecular formula is C13H18N2O4. The van der Waals surface area contributed by atoms with Crippen molar-refractivity contribution in [3.05, 3.63) is 23.8 Å². The highest BCUT2D eigenvalue weighted by Crippen LogP contribution is 2.23. The number of amides is 1. The first-order chi connectivity index (χ1) is 8.93. The molecule has 0 heterocycles. The molecule has 1 unspecified atom stereocenters. The van der Waals surface area contributed by atoms with E-state index >= 15 is 0 Å². The number of anilines is 1. The van der Waals surface area contributed by atoms with Gasteiger partial charge in [0.05, 0.1) is 7.11 Å². The minimum Gasteiger partial charge on any atom is -0.496 e. The summed E-state index contributed by atoms with van der Waals surface area (Å²) >= 11 is 0. The van der Waals surface area contributed by atoms with Crippen molar-refractivity contribution in [3.63, 3.8) is 0 Å². The van der Waals surface area contributed by atoms with Crippen molar-refractivity contribution in [2.24, 2.45) is 5.73 Å². The number of benzene rings is 1. The van der Waals surface area contributed by atoms with E-state index in [4.69, 9.17) is 15.6 Å². The highest BCUT2D eigenvalue weighted by molar-refractivity contribution is 5.94. The minimum absolute atomic E-state index is 0.0327. The van der Waals surface area contributed by atoms with Crippen molar-refractivity contribution in [3.8, 4) is 5.75 Å². The third-order valence-corrected chi connectivity index (χ3v) is 2.54. The van der Waals surface area contributed by atoms with E-state index in [0.717, 1.165) is 0 Å². The fourth-order valence-electron chi connectivity index (χ4n) is 1.53. The van der Waals surface area contributed by atoms with Crippen LogP contribution in [0.4, 0.5) is 5.69 Å². The van der Waals surface area contributed by atoms with E-state index in [1.165, 1.54) is 25.3 Å². The van der Waals surface area contributed by atoms with Crippen molar-refractivity contribution >= 4 is 17.6 Å². The summed E-state index contributed by atoms with van der Waals surface area (Å²) < 4.78 is 4.97. The average Bonchev–Trinajstić information content (AvgIpc) is 2.35. The van der Waals surface area contributed by atoms with Gasteiger partial charge in [-0.1, -0.05) is 0 Å². The van der Waals surface area contributed by atoms with Gasteiger partial charge in [0.25, 0.3) is 0 Å². The molecule has 0 aliphatic heterocycles. The number of carboxylic acids is 1. The Morgan fingerprint density at radius 3 is 2.68 bits per heavy atom. The topological polar surface area (TPSA) is 102 Å². The van der Waals surface area contributed by atoms with Crippen LogP contribution in [0.25, 0.3) is 0 Å². The molecule has 1 amide bonds. The molecule has 0 fully saturated rings. The number of nitrogens with two attached hydrogens (primary N) is 1. The van der Waals surface area contributed by atoms with Crippen LogP contribution in [-0.4, -0.2) is 30.1 Å². The standard InChI is InChI=1S/C13H18N2O4/c1-8(14)3-6-12(16)15-9-4-5-10(13(17)18)11(7-9)19-2/h4-5,7-8H,3,6,14H2,1-2H3,(H,15,16)(H,17,18). The lowest BCUT2D eigenvalue weighted by Gasteiger charge is -2.10. The predicted octanol–water partition coefficient (Wildman–Crippen LogP) is 1.46. The van der Waals surface area contributed by atoms with Crippen LogP contribution in [0.5, 0.6) is 5.75 Å². The smallest absolute Gasteiger partial charge is 0.339 e. The molecule has 4 N–H and O–H groups in total. The van der Waals surface area contributed by atoms with Crippen LogP contribution >= 0.6 is 0 Å². The highest BCUT2D eigenvalue weighted by Gasteiger charge is 2.12. The van der Waals surface area contributed by atoms with Gasteiger partial charge in [0.1, 0.15) is 11.3 Å². The number of carbonyl (C=O) groups excluding carboxylic acids is 1. The molecule has 6 heteroatoms. The van der Waals surface area contributed by atoms with Crippen LogP contribution in [0.15, 0.2) is 18.2 Å². The Morgan fingerprint density at radius 1 is 1.47 bits per heavy atom. The molecule has 0 saturated heterocycles. The molecule has 0 bridgehead atoms. The fourth-order valence-corrected chi connectivity index (χ4v) is 1.53. The van der Waals surface area contributed by atoms with Crippen LogP contribution in [0.2, 0.25) is 0 Å². The van der Waals surface area contributed by atoms with Crippen LogP contribution in [0, 0.1) is 0 Å². The number of hydrogen-bond acceptors (Lipinski definition) is 4. The Morgan fingerprint density at radius 2 is 2.16 bits per heavy atom. The second-order valence-corrected chi connectivity index (χ2v) is 4.28. The summed E-state index contributed by atoms with van der Waals surface area (Å²) in [5.41, 5.74) is 6.12. The lowest BCUT2D eigenvalue weighted by atomic mass is 10.1. The van der Waals surface area contributed by atoms with E-state index in [-0.39, 0.29) is 23.3 Å². The normalized spacial score (nSPS) is 11.7. The molecule has 0 aromatic heterocycles. The van der Waals surface area contributed by atoms with Crippen molar-refractivity contribution in [1.29, 1.82) is 0 Å². The van der Waals surface area contributed by atoms with E-state index in [1.54, 1.807) is 0 Å². The number of hydrogen-bond donors (Lipinski definition) is 3. The first kappa shape index (κ1) is 15.0. The summed E-state index contributed by atoms with van der Waals surface area (Å²) in [6.45, 7) is 1.83. The Labute approximate surface area is 111 Å². The quantitative estimate of drug-likeness (QED) is 0.723. The van der Waals surface area contributed by atoms with E-state index in [2.05, 4.69) is 5.32 Å². The molecule has 1 aromatic carbocycles. The van der Waals surface area contributed by atoms with Gasteiger partial charge >= 0.3 is 5.97 Å². The molecule has 1 atom stereocenters. The van der Waals surface area contributed by atoms with Gasteiger partial charge in [-0.25, -0.2) is 4.79 Å². The number of methoxy groups -OCH3 is 1. The molecule has 19 heavy (non-hydrogen) atoms. The van der Waals surface area contributed by atoms with Crippen molar-refractivity contribution < 1.29 is 19.4 Å². The highest BCUT2D eigenvalue weighted by atomic mass is 16.5. The van der Waals surface area contributed by atoms with Crippen LogP contribution in [0.1, 0.15) is 30.1 Å². The Balaban J connectivity index is 2.74. The van der Waals surface area contributed by atoms with E-state index < -0.39 is 5.97 Å². The Bertz CT molecular complexity index is 472. The van der Waals surface area contributed by atoms with E-state index in [9.17, 15) is 9.59 Å². The summed E-state index contributed by atoms with van der Waals surface area (Å²) in [7, 11) is 1.38. The van der Waals surface area contributed by atoms with Crippen molar-refractivity contribution in [2.75, 3.05) is 12.4 Å². The molecular weight excluding hydrogens is 248 g/mol. The summed E-state index contributed by atoms with van der Waals surface area (Å²) in [6.07, 6.45) is 0.914. The predicted molar refractivity (Wildman–Crippen MR) is 71.5 cm³/mol. The maximum atomic E-state index is 11.6. The van der Waals surface area contributed by atoms with Gasteiger partial charge in [0.2, 0.25) is 5.91 Å². The summed E-state index contributed by atoms with van der Waals surface area (Å²) in [6, 6.07) is 4.36.